The second-order valence-corrected chi connectivity index (χ2v) is 23.5. The molecule has 7 aromatic rings. The molecule has 2 heterocycles. The Labute approximate surface area is 500 Å². The van der Waals surface area contributed by atoms with Gasteiger partial charge in [0.05, 0.1) is 0 Å². The minimum Gasteiger partial charge on any atom is -0.465 e. The Balaban J connectivity index is 0.000000222. The second-order valence-electron chi connectivity index (χ2n) is 22.6. The van der Waals surface area contributed by atoms with Crippen LogP contribution in [0.25, 0.3) is 33.9 Å². The van der Waals surface area contributed by atoms with E-state index in [-0.39, 0.29) is 54.2 Å². The van der Waals surface area contributed by atoms with Gasteiger partial charge >= 0.3 is 12.2 Å². The van der Waals surface area contributed by atoms with E-state index in [0.717, 1.165) is 69.1 Å². The van der Waals surface area contributed by atoms with E-state index in [4.69, 9.17) is 21.3 Å². The lowest BCUT2D eigenvalue weighted by atomic mass is 9.81. The number of aromatic nitrogens is 8. The van der Waals surface area contributed by atoms with Crippen LogP contribution in [0.4, 0.5) is 26.7 Å². The molecule has 23 nitrogen and oxygen atoms in total. The number of hydrogen-bond donors (Lipinski definition) is 9. The molecule has 2 atom stereocenters. The summed E-state index contributed by atoms with van der Waals surface area (Å²) in [6.07, 6.45) is 4.63. The van der Waals surface area contributed by atoms with E-state index >= 15 is 0 Å². The molecule has 2 aromatic heterocycles. The van der Waals surface area contributed by atoms with Crippen molar-refractivity contribution in [2.45, 2.75) is 110 Å². The molecule has 0 saturated heterocycles. The van der Waals surface area contributed by atoms with Crippen molar-refractivity contribution in [2.75, 3.05) is 29.0 Å². The van der Waals surface area contributed by atoms with Crippen LogP contribution in [0.5, 0.6) is 0 Å². The smallest absolute Gasteiger partial charge is 0.407 e. The summed E-state index contributed by atoms with van der Waals surface area (Å²) in [6.45, 7) is 8.34. The monoisotopic (exact) mass is 1220 g/mol. The quantitative estimate of drug-likeness (QED) is 0.0342. The normalized spacial score (nSPS) is 17.4. The first kappa shape index (κ1) is 62.0. The van der Waals surface area contributed by atoms with Crippen LogP contribution in [0.3, 0.4) is 0 Å². The van der Waals surface area contributed by atoms with Gasteiger partial charge in [0, 0.05) is 70.4 Å². The first-order valence-corrected chi connectivity index (χ1v) is 29.1. The standard InChI is InChI=1S/C32H36N8O4.C29H36BrN7O4/c1-19-15-25(33)11-14-27(19)24-4-2-3-21(16-24)17-28(36-30(41)23-7-5-20(6-8-23)18-34-32(43)44)31(42)35-26-12-9-22(10-13-26)29-37-39-40-38-29;1-29(2,3)41-28(40)32-17-18-7-9-21(10-8-18)27(39)37(23-13-11-20(12-14-23)26-33-35-36-34-26)24(25(31)38)16-19-5-4-6-22(30)15-19/h2-4,9-16,20,23,28,34H,5-8,17-18,33H2,1H3,(H,35,42)(H,36,41)(H,43,44)(H,37,38,39,40);4-6,11-15,18,21,24H,7-10,16-17H2,1-3H3,(H2,31,38)(H,32,40)(H,33,34,35,36)/t20?,23?,28-;18?,21?,24-/m00/s1. The van der Waals surface area contributed by atoms with Crippen LogP contribution in [0.1, 0.15) is 88.8 Å². The Morgan fingerprint density at radius 2 is 1.28 bits per heavy atom. The van der Waals surface area contributed by atoms with E-state index in [9.17, 15) is 28.8 Å². The Morgan fingerprint density at radius 1 is 0.706 bits per heavy atom. The van der Waals surface area contributed by atoms with Crippen LogP contribution < -0.4 is 37.6 Å². The Hall–Kier alpha value is -9.06. The van der Waals surface area contributed by atoms with Gasteiger partial charge in [0.1, 0.15) is 17.7 Å². The van der Waals surface area contributed by atoms with Gasteiger partial charge in [0.2, 0.25) is 35.3 Å². The number of anilines is 3. The first-order chi connectivity index (χ1) is 40.7. The number of aryl methyl sites for hydroxylation is 1. The number of carbonyl (C=O) groups is 6. The summed E-state index contributed by atoms with van der Waals surface area (Å²) < 4.78 is 6.21. The molecule has 6 amide bonds. The topological polar surface area (TPSA) is 344 Å². The van der Waals surface area contributed by atoms with E-state index in [1.807, 2.05) is 94.4 Å². The van der Waals surface area contributed by atoms with Crippen LogP contribution in [0.2, 0.25) is 0 Å². The molecule has 2 fully saturated rings. The minimum atomic E-state index is -1.04. The van der Waals surface area contributed by atoms with Gasteiger partial charge in [-0.05, 0) is 202 Å². The first-order valence-electron chi connectivity index (χ1n) is 28.3. The van der Waals surface area contributed by atoms with Crippen molar-refractivity contribution < 1.29 is 38.6 Å². The molecule has 0 aliphatic heterocycles. The maximum absolute atomic E-state index is 14.1. The zero-order valence-electron chi connectivity index (χ0n) is 47.9. The maximum atomic E-state index is 14.1. The summed E-state index contributed by atoms with van der Waals surface area (Å²) in [4.78, 5) is 78.6. The van der Waals surface area contributed by atoms with Crippen molar-refractivity contribution in [3.63, 3.8) is 0 Å². The summed E-state index contributed by atoms with van der Waals surface area (Å²) in [6, 6.07) is 33.8. The van der Waals surface area contributed by atoms with E-state index in [1.54, 1.807) is 53.4 Å². The van der Waals surface area contributed by atoms with Gasteiger partial charge in [-0.1, -0.05) is 58.4 Å². The number of carbonyl (C=O) groups excluding carboxylic acids is 5. The number of H-pyrrole nitrogens is 2. The fraction of sp³-hybridized carbons (Fsp3) is 0.377. The number of hydrogen-bond acceptors (Lipinski definition) is 14. The van der Waals surface area contributed by atoms with Gasteiger partial charge in [-0.3, -0.25) is 24.1 Å². The van der Waals surface area contributed by atoms with Crippen LogP contribution in [-0.4, -0.2) is 113 Å². The van der Waals surface area contributed by atoms with Gasteiger partial charge in [0.15, 0.2) is 0 Å². The zero-order chi connectivity index (χ0) is 60.6. The number of primary amides is 1. The lowest BCUT2D eigenvalue weighted by Gasteiger charge is -2.36. The van der Waals surface area contributed by atoms with Crippen LogP contribution >= 0.6 is 15.9 Å². The van der Waals surface area contributed by atoms with Crippen molar-refractivity contribution >= 4 is 68.8 Å². The van der Waals surface area contributed by atoms with Gasteiger partial charge in [-0.2, -0.15) is 10.4 Å². The molecule has 0 bridgehead atoms. The minimum absolute atomic E-state index is 0.144. The van der Waals surface area contributed by atoms with E-state index < -0.39 is 35.8 Å². The number of benzene rings is 5. The SMILES string of the molecule is CC(C)(C)OC(=O)NCC1CCC(C(=O)N(c2ccc(-c3nn[nH]n3)cc2)[C@@H](Cc2cccc(Br)c2)C(N)=O)CC1.Cc1cc(N)ccc1-c1cccc(C[C@H](NC(=O)C2CCC(CNC(=O)O)CC2)C(=O)Nc2ccc(-c3nn[nH]n3)cc2)c1. The van der Waals surface area contributed by atoms with Crippen LogP contribution in [-0.2, 0) is 36.8 Å². The molecular weight excluding hydrogens is 1150 g/mol. The average molecular weight is 1220 g/mol. The number of nitrogens with zero attached hydrogens (tertiary/aromatic N) is 7. The van der Waals surface area contributed by atoms with Crippen molar-refractivity contribution in [1.82, 2.24) is 57.2 Å². The summed E-state index contributed by atoms with van der Waals surface area (Å²) in [7, 11) is 0. The molecule has 0 unspecified atom stereocenters. The number of ether oxygens (including phenoxy) is 1. The van der Waals surface area contributed by atoms with Gasteiger partial charge in [0.25, 0.3) is 0 Å². The Kier molecular flexibility index (Phi) is 21.1. The molecule has 24 heteroatoms. The number of nitrogens with one attached hydrogen (secondary N) is 6. The lowest BCUT2D eigenvalue weighted by Crippen LogP contribution is -2.52. The van der Waals surface area contributed by atoms with Crippen LogP contribution in [0, 0.1) is 30.6 Å². The lowest BCUT2D eigenvalue weighted by molar-refractivity contribution is -0.130. The van der Waals surface area contributed by atoms with Crippen molar-refractivity contribution in [3.05, 3.63) is 136 Å². The highest BCUT2D eigenvalue weighted by molar-refractivity contribution is 9.10. The van der Waals surface area contributed by atoms with Gasteiger partial charge in [-0.25, -0.2) is 9.59 Å². The molecule has 11 N–H and O–H groups in total. The number of alkyl carbamates (subject to hydrolysis) is 1. The number of rotatable bonds is 19. The maximum Gasteiger partial charge on any atom is 0.407 e. The predicted octanol–water partition coefficient (Wildman–Crippen LogP) is 8.55. The second kappa shape index (κ2) is 29.0. The third-order valence-corrected chi connectivity index (χ3v) is 15.6. The number of aromatic amines is 2. The molecule has 9 rings (SSSR count). The fourth-order valence-corrected chi connectivity index (χ4v) is 11.2. The summed E-state index contributed by atoms with van der Waals surface area (Å²) >= 11 is 3.48. The van der Waals surface area contributed by atoms with Crippen molar-refractivity contribution in [3.8, 4) is 33.9 Å². The molecule has 5 aromatic carbocycles. The molecule has 2 saturated carbocycles. The van der Waals surface area contributed by atoms with E-state index in [0.29, 0.717) is 67.5 Å². The number of nitrogen functional groups attached to an aromatic ring is 1. The fourth-order valence-electron chi connectivity index (χ4n) is 10.8. The van der Waals surface area contributed by atoms with Crippen LogP contribution in [0.15, 0.2) is 120 Å². The summed E-state index contributed by atoms with van der Waals surface area (Å²) in [5, 5.41) is 48.1. The highest BCUT2D eigenvalue weighted by atomic mass is 79.9. The van der Waals surface area contributed by atoms with Crippen molar-refractivity contribution in [1.29, 1.82) is 0 Å². The molecule has 2 aliphatic rings. The summed E-state index contributed by atoms with van der Waals surface area (Å²) in [5.41, 5.74) is 19.5. The molecule has 0 spiro atoms. The highest BCUT2D eigenvalue weighted by Crippen LogP contribution is 2.34. The third kappa shape index (κ3) is 18.0. The molecule has 446 valence electrons. The largest absolute Gasteiger partial charge is 0.465 e. The van der Waals surface area contributed by atoms with Gasteiger partial charge < -0.3 is 42.6 Å². The predicted molar refractivity (Wildman–Crippen MR) is 324 cm³/mol. The average Bonchev–Trinajstić information content (AvgIpc) is 4.31. The van der Waals surface area contributed by atoms with Gasteiger partial charge in [-0.15, -0.1) is 20.4 Å². The number of tetrazole rings is 2. The molecular formula is C61H72BrN15O8. The third-order valence-electron chi connectivity index (χ3n) is 15.2. The summed E-state index contributed by atoms with van der Waals surface area (Å²) in [5.74, 6) is -0.464. The zero-order valence-corrected chi connectivity index (χ0v) is 49.5. The highest BCUT2D eigenvalue weighted by Gasteiger charge is 2.37. The number of halogens is 1. The number of amides is 6. The number of carboxylic acid groups (broad SMARTS) is 1. The molecule has 2 aliphatic carbocycles. The van der Waals surface area contributed by atoms with E-state index in [2.05, 4.69) is 78.4 Å². The van der Waals surface area contributed by atoms with E-state index in [1.165, 1.54) is 0 Å². The number of nitrogens with two attached hydrogens (primary N) is 2. The molecule has 85 heavy (non-hydrogen) atoms. The molecule has 0 radical (unpaired) electrons. The van der Waals surface area contributed by atoms with Crippen molar-refractivity contribution in [2.24, 2.45) is 29.4 Å². The Morgan fingerprint density at radius 3 is 1.84 bits per heavy atom. The Bertz CT molecular complexity index is 3380.